The largest absolute Gasteiger partial charge is 0.472 e. The first kappa shape index (κ1) is 9.96. The van der Waals surface area contributed by atoms with Gasteiger partial charge in [-0.05, 0) is 12.1 Å². The minimum absolute atomic E-state index is 0.0976. The zero-order chi connectivity index (χ0) is 10.9. The van der Waals surface area contributed by atoms with Crippen molar-refractivity contribution in [2.24, 2.45) is 0 Å². The number of halogens is 1. The number of carbonyl (C=O) groups excluding carboxylic acids is 1. The van der Waals surface area contributed by atoms with Crippen molar-refractivity contribution in [3.8, 4) is 5.75 Å². The highest BCUT2D eigenvalue weighted by Crippen LogP contribution is 2.41. The van der Waals surface area contributed by atoms with E-state index in [4.69, 9.17) is 4.74 Å². The van der Waals surface area contributed by atoms with Crippen LogP contribution in [0.5, 0.6) is 5.75 Å². The fourth-order valence-corrected chi connectivity index (χ4v) is 1.39. The molecule has 0 unspecified atom stereocenters. The molecule has 15 heavy (non-hydrogen) atoms. The number of ether oxygens (including phenoxy) is 2. The Hall–Kier alpha value is -1.58. The van der Waals surface area contributed by atoms with E-state index in [1.807, 2.05) is 0 Å². The Morgan fingerprint density at radius 3 is 2.60 bits per heavy atom. The summed E-state index contributed by atoms with van der Waals surface area (Å²) in [5, 5.41) is 0. The maximum atomic E-state index is 13.2. The van der Waals surface area contributed by atoms with Crippen LogP contribution in [0.4, 0.5) is 4.39 Å². The lowest BCUT2D eigenvalue weighted by Gasteiger charge is -2.15. The molecule has 0 aromatic heterocycles. The number of hydrogen-bond donors (Lipinski definition) is 0. The van der Waals surface area contributed by atoms with Crippen LogP contribution in [0.1, 0.15) is 12.8 Å². The lowest BCUT2D eigenvalue weighted by Crippen LogP contribution is -2.30. The third-order valence-corrected chi connectivity index (χ3v) is 2.40. The minimum atomic E-state index is -0.947. The average molecular weight is 210 g/mol. The number of hydrogen-bond acceptors (Lipinski definition) is 3. The maximum Gasteiger partial charge on any atom is 0.350 e. The molecule has 2 rings (SSSR count). The van der Waals surface area contributed by atoms with Crippen molar-refractivity contribution in [3.05, 3.63) is 30.1 Å². The number of methoxy groups -OCH3 is 1. The number of esters is 1. The average Bonchev–Trinajstić information content (AvgIpc) is 3.01. The fourth-order valence-electron chi connectivity index (χ4n) is 1.39. The molecule has 1 fully saturated rings. The molecule has 1 aromatic carbocycles. The van der Waals surface area contributed by atoms with E-state index < -0.39 is 17.4 Å². The molecule has 0 radical (unpaired) electrons. The highest BCUT2D eigenvalue weighted by Gasteiger charge is 2.54. The molecule has 0 spiro atoms. The number of carbonyl (C=O) groups is 1. The third-order valence-electron chi connectivity index (χ3n) is 2.40. The number of para-hydroxylation sites is 1. The Morgan fingerprint density at radius 2 is 2.07 bits per heavy atom. The van der Waals surface area contributed by atoms with Crippen LogP contribution in [0.3, 0.4) is 0 Å². The molecule has 0 N–H and O–H groups in total. The van der Waals surface area contributed by atoms with Crippen molar-refractivity contribution in [2.75, 3.05) is 7.11 Å². The molecular weight excluding hydrogens is 199 g/mol. The lowest BCUT2D eigenvalue weighted by molar-refractivity contribution is -0.151. The second-order valence-electron chi connectivity index (χ2n) is 3.52. The Bertz CT molecular complexity index is 385. The summed E-state index contributed by atoms with van der Waals surface area (Å²) in [6.07, 6.45) is 1.15. The van der Waals surface area contributed by atoms with Crippen LogP contribution in [0.15, 0.2) is 24.3 Å². The molecule has 1 aromatic rings. The molecule has 1 aliphatic rings. The van der Waals surface area contributed by atoms with Crippen LogP contribution in [-0.4, -0.2) is 18.7 Å². The summed E-state index contributed by atoms with van der Waals surface area (Å²) in [7, 11) is 1.30. The van der Waals surface area contributed by atoms with Gasteiger partial charge in [0, 0.05) is 12.8 Å². The van der Waals surface area contributed by atoms with Crippen LogP contribution in [0.2, 0.25) is 0 Å². The number of benzene rings is 1. The van der Waals surface area contributed by atoms with Crippen molar-refractivity contribution in [1.82, 2.24) is 0 Å². The first-order valence-electron chi connectivity index (χ1n) is 4.70. The van der Waals surface area contributed by atoms with Gasteiger partial charge in [0.05, 0.1) is 7.11 Å². The van der Waals surface area contributed by atoms with Crippen molar-refractivity contribution >= 4 is 5.97 Å². The Morgan fingerprint density at radius 1 is 1.40 bits per heavy atom. The standard InChI is InChI=1S/C11H11FO3/c1-14-10(13)11(6-7-11)15-9-5-3-2-4-8(9)12/h2-5H,6-7H2,1H3. The molecule has 4 heteroatoms. The molecule has 1 saturated carbocycles. The molecular formula is C11H11FO3. The Labute approximate surface area is 86.8 Å². The van der Waals surface area contributed by atoms with Crippen LogP contribution in [0, 0.1) is 5.82 Å². The molecule has 80 valence electrons. The fraction of sp³-hybridized carbons (Fsp3) is 0.364. The van der Waals surface area contributed by atoms with Gasteiger partial charge < -0.3 is 9.47 Å². The molecule has 0 heterocycles. The van der Waals surface area contributed by atoms with E-state index in [0.717, 1.165) is 0 Å². The predicted octanol–water partition coefficient (Wildman–Crippen LogP) is 1.91. The summed E-state index contributed by atoms with van der Waals surface area (Å²) in [6, 6.07) is 6.02. The van der Waals surface area contributed by atoms with E-state index >= 15 is 0 Å². The summed E-state index contributed by atoms with van der Waals surface area (Å²) in [5.74, 6) is -0.807. The minimum Gasteiger partial charge on any atom is -0.472 e. The zero-order valence-electron chi connectivity index (χ0n) is 8.33. The molecule has 0 aliphatic heterocycles. The van der Waals surface area contributed by atoms with Crippen LogP contribution in [0.25, 0.3) is 0 Å². The molecule has 0 bridgehead atoms. The summed E-state index contributed by atoms with van der Waals surface area (Å²) in [6.45, 7) is 0. The van der Waals surface area contributed by atoms with Gasteiger partial charge in [0.2, 0.25) is 5.60 Å². The van der Waals surface area contributed by atoms with E-state index in [1.54, 1.807) is 12.1 Å². The third kappa shape index (κ3) is 1.79. The molecule has 0 atom stereocenters. The normalized spacial score (nSPS) is 16.9. The van der Waals surface area contributed by atoms with Gasteiger partial charge in [-0.1, -0.05) is 12.1 Å². The monoisotopic (exact) mass is 210 g/mol. The van der Waals surface area contributed by atoms with Gasteiger partial charge >= 0.3 is 5.97 Å². The Balaban J connectivity index is 2.16. The zero-order valence-corrected chi connectivity index (χ0v) is 8.33. The lowest BCUT2D eigenvalue weighted by atomic mass is 10.3. The molecule has 1 aliphatic carbocycles. The highest BCUT2D eigenvalue weighted by atomic mass is 19.1. The summed E-state index contributed by atoms with van der Waals surface area (Å²) < 4.78 is 23.2. The number of rotatable bonds is 3. The van der Waals surface area contributed by atoms with E-state index in [0.29, 0.717) is 12.8 Å². The van der Waals surface area contributed by atoms with Gasteiger partial charge in [-0.2, -0.15) is 0 Å². The van der Waals surface area contributed by atoms with Gasteiger partial charge in [-0.15, -0.1) is 0 Å². The molecule has 0 saturated heterocycles. The van der Waals surface area contributed by atoms with Crippen molar-refractivity contribution in [2.45, 2.75) is 18.4 Å². The Kier molecular flexibility index (Phi) is 2.34. The van der Waals surface area contributed by atoms with Crippen LogP contribution < -0.4 is 4.74 Å². The van der Waals surface area contributed by atoms with Gasteiger partial charge in [0.1, 0.15) is 0 Å². The summed E-state index contributed by atoms with van der Waals surface area (Å²) >= 11 is 0. The highest BCUT2D eigenvalue weighted by molar-refractivity contribution is 5.83. The second kappa shape index (κ2) is 3.53. The van der Waals surface area contributed by atoms with Crippen LogP contribution >= 0.6 is 0 Å². The first-order valence-corrected chi connectivity index (χ1v) is 4.70. The van der Waals surface area contributed by atoms with Gasteiger partial charge in [-0.3, -0.25) is 0 Å². The van der Waals surface area contributed by atoms with Crippen molar-refractivity contribution < 1.29 is 18.7 Å². The van der Waals surface area contributed by atoms with Crippen molar-refractivity contribution in [3.63, 3.8) is 0 Å². The van der Waals surface area contributed by atoms with Crippen LogP contribution in [-0.2, 0) is 9.53 Å². The summed E-state index contributed by atoms with van der Waals surface area (Å²) in [5.41, 5.74) is -0.947. The van der Waals surface area contributed by atoms with Gasteiger partial charge in [-0.25, -0.2) is 9.18 Å². The quantitative estimate of drug-likeness (QED) is 0.715. The van der Waals surface area contributed by atoms with Crippen molar-refractivity contribution in [1.29, 1.82) is 0 Å². The van der Waals surface area contributed by atoms with Gasteiger partial charge in [0.25, 0.3) is 0 Å². The second-order valence-corrected chi connectivity index (χ2v) is 3.52. The van der Waals surface area contributed by atoms with E-state index in [-0.39, 0.29) is 5.75 Å². The summed E-state index contributed by atoms with van der Waals surface area (Å²) in [4.78, 5) is 11.3. The first-order chi connectivity index (χ1) is 7.18. The van der Waals surface area contributed by atoms with E-state index in [2.05, 4.69) is 4.74 Å². The van der Waals surface area contributed by atoms with Gasteiger partial charge in [0.15, 0.2) is 11.6 Å². The van der Waals surface area contributed by atoms with E-state index in [1.165, 1.54) is 19.2 Å². The maximum absolute atomic E-state index is 13.2. The van der Waals surface area contributed by atoms with E-state index in [9.17, 15) is 9.18 Å². The molecule has 0 amide bonds. The smallest absolute Gasteiger partial charge is 0.350 e. The SMILES string of the molecule is COC(=O)C1(Oc2ccccc2F)CC1. The topological polar surface area (TPSA) is 35.5 Å². The molecule has 3 nitrogen and oxygen atoms in total. The predicted molar refractivity (Wildman–Crippen MR) is 51.0 cm³/mol.